The molecule has 98 heavy (non-hydrogen) atoms. The third-order valence-electron chi connectivity index (χ3n) is 24.0. The van der Waals surface area contributed by atoms with Crippen LogP contribution in [0, 0.1) is 40.9 Å². The highest BCUT2D eigenvalue weighted by molar-refractivity contribution is 8.77. The summed E-state index contributed by atoms with van der Waals surface area (Å²) in [4.78, 5) is 21.4. The fraction of sp³-hybridized carbons (Fsp3) is 0.524. The fourth-order valence-corrected chi connectivity index (χ4v) is 24.7. The Morgan fingerprint density at radius 3 is 2.37 bits per heavy atom. The number of Topliss-reactive ketones (excluding diaryl/α,β-unsaturated/α-hetero) is 1. The van der Waals surface area contributed by atoms with E-state index in [9.17, 15) is 30.6 Å². The van der Waals surface area contributed by atoms with Gasteiger partial charge in [0.15, 0.2) is 35.6 Å². The molecule has 1 aromatic heterocycles. The van der Waals surface area contributed by atoms with E-state index in [0.717, 1.165) is 132 Å². The second-order valence-corrected chi connectivity index (χ2v) is 35.3. The molecule has 0 radical (unpaired) electrons. The predicted molar refractivity (Wildman–Crippen MR) is 401 cm³/mol. The van der Waals surface area contributed by atoms with Gasteiger partial charge in [-0.25, -0.2) is 0 Å². The maximum atomic E-state index is 18.1. The molecule has 3 heterocycles. The van der Waals surface area contributed by atoms with E-state index in [-0.39, 0.29) is 42.3 Å². The minimum absolute atomic E-state index is 0.000984. The summed E-state index contributed by atoms with van der Waals surface area (Å²) in [5, 5.41) is 80.8. The number of aromatic nitrogens is 1. The monoisotopic (exact) mass is 1400 g/mol. The van der Waals surface area contributed by atoms with Crippen LogP contribution in [0.5, 0.6) is 28.7 Å². The number of methoxy groups -OCH3 is 1. The van der Waals surface area contributed by atoms with Crippen LogP contribution < -0.4 is 19.5 Å². The van der Waals surface area contributed by atoms with Crippen molar-refractivity contribution in [2.45, 2.75) is 183 Å². The van der Waals surface area contributed by atoms with E-state index < -0.39 is 58.9 Å². The van der Waals surface area contributed by atoms with Crippen molar-refractivity contribution >= 4 is 59.7 Å². The molecule has 6 aromatic carbocycles. The summed E-state index contributed by atoms with van der Waals surface area (Å²) < 4.78 is 19.5. The van der Waals surface area contributed by atoms with E-state index >= 15 is 4.79 Å². The van der Waals surface area contributed by atoms with Crippen LogP contribution in [0.25, 0.3) is 10.8 Å². The summed E-state index contributed by atoms with van der Waals surface area (Å²) >= 11 is 0. The zero-order valence-corrected chi connectivity index (χ0v) is 61.1. The van der Waals surface area contributed by atoms with E-state index in [1.165, 1.54) is 36.8 Å². The van der Waals surface area contributed by atoms with Crippen LogP contribution in [0.1, 0.15) is 177 Å². The average molecular weight is 1400 g/mol. The number of aryl methyl sites for hydroxylation is 2. The molecule has 12 nitrogen and oxygen atoms in total. The first-order valence-electron chi connectivity index (χ1n) is 36.3. The Kier molecular flexibility index (Phi) is 22.6. The minimum atomic E-state index is -1.79. The maximum Gasteiger partial charge on any atom is 0.186 e. The van der Waals surface area contributed by atoms with E-state index in [1.807, 2.05) is 72.7 Å². The number of ketones is 1. The van der Waals surface area contributed by atoms with Gasteiger partial charge < -0.3 is 55.2 Å². The molecule has 4 saturated carbocycles. The number of aromatic amines is 1. The quantitative estimate of drug-likeness (QED) is 0.0336. The molecular formula is C82H102N2O10S4. The smallest absolute Gasteiger partial charge is 0.186 e. The number of benzene rings is 6. The zero-order chi connectivity index (χ0) is 68.3. The normalized spacial score (nSPS) is 28.4. The lowest BCUT2D eigenvalue weighted by atomic mass is 9.52. The van der Waals surface area contributed by atoms with Gasteiger partial charge in [-0.3, -0.25) is 4.79 Å². The molecule has 8 N–H and O–H groups in total. The number of rotatable bonds is 16. The van der Waals surface area contributed by atoms with E-state index in [1.54, 1.807) is 51.6 Å². The van der Waals surface area contributed by atoms with Crippen molar-refractivity contribution < 1.29 is 49.6 Å². The standard InChI is InChI=1S/C82H102N2O10S4/c1-6-55-19-20-56-15-10-16-65-73(45-85)98-97-46-60-37-74(89)82(68-48-96-95-47-61-43-80(27-7-8-28-80)30-25-70(61)94-72-36-58(68)22-24-71(72)93-49-86,63-38-62(39-64(87)40-63)81(83-4)29-11-14-53(42-81)33-52-13-9-12-51(32-52)18-17-50(2)3)79(91)76(60)77(90)59(34-54-26-31-84-44-54)35-57-21-23-69(88)78(92-5)67(57)41-66(55)75(56)65/h9-10,12-13,15-16,19-24,26,31-32,36,38-40,44,50,53,59-61,68,70,73-74,76-77,83-90H,6-8,11,14,17-18,25,27-30,33-35,37,41-43,45-49H2,1-5H3/t53-,59+,60-,61+,68+,70-,73-,74+,76+,77-,81+,82-/m0/s1. The molecule has 0 unspecified atom stereocenters. The van der Waals surface area contributed by atoms with Crippen LogP contribution in [0.4, 0.5) is 0 Å². The van der Waals surface area contributed by atoms with Crippen LogP contribution in [0.15, 0.2) is 122 Å². The van der Waals surface area contributed by atoms with Crippen molar-refractivity contribution in [3.8, 4) is 28.7 Å². The Morgan fingerprint density at radius 2 is 1.59 bits per heavy atom. The van der Waals surface area contributed by atoms with Crippen molar-refractivity contribution in [3.05, 3.63) is 183 Å². The number of hydrogen-bond acceptors (Lipinski definition) is 15. The predicted octanol–water partition coefficient (Wildman–Crippen LogP) is 16.5. The SMILES string of the molecule is CCc1ccc2cccc3c2c1Cc1c(ccc(O)c1OC)C[C@@H](Cc1cc[nH]c1)[C@H](O)[C@@H]1C(=O)[C@@](c2cc(O)cc([C@@]4(NC)CCC[C@@H](Cc5cccc(CCC(C)C)c5)C4)c2)([C@@H]2CSSC[C@H]4CC5(CCCC5)CC[C@@H]4Oc4cc2ccc4OCO)[C@H](O)C[C@H]1CSS[C@H]3CO. The van der Waals surface area contributed by atoms with E-state index in [0.29, 0.717) is 70.8 Å². The number of phenolic OH excluding ortho intramolecular Hbond substituents is 2. The molecule has 1 spiro atoms. The van der Waals surface area contributed by atoms with Gasteiger partial charge in [-0.15, -0.1) is 0 Å². The van der Waals surface area contributed by atoms with Crippen LogP contribution >= 0.6 is 43.2 Å². The molecule has 0 amide bonds. The Labute approximate surface area is 596 Å². The van der Waals surface area contributed by atoms with Crippen molar-refractivity contribution in [2.75, 3.05) is 44.8 Å². The molecule has 16 heteroatoms. The molecular weight excluding hydrogens is 1300 g/mol. The van der Waals surface area contributed by atoms with Gasteiger partial charge in [-0.2, -0.15) is 0 Å². The summed E-state index contributed by atoms with van der Waals surface area (Å²) in [6, 6.07) is 37.0. The van der Waals surface area contributed by atoms with Crippen LogP contribution in [-0.4, -0.2) is 105 Å². The third kappa shape index (κ3) is 14.5. The number of hydrogen-bond donors (Lipinski definition) is 8. The Hall–Kier alpha value is -5.27. The first-order chi connectivity index (χ1) is 47.6. The highest BCUT2D eigenvalue weighted by Gasteiger charge is 2.62. The second kappa shape index (κ2) is 31.1. The molecule has 13 rings (SSSR count). The molecule has 2 aliphatic heterocycles. The molecule has 6 aliphatic rings. The number of carbonyl (C=O) groups excluding carboxylic acids is 1. The average Bonchev–Trinajstić information content (AvgIpc) is 0.742. The number of aromatic hydroxyl groups is 2. The van der Waals surface area contributed by atoms with Gasteiger partial charge in [0, 0.05) is 64.9 Å². The molecule has 7 aromatic rings. The third-order valence-corrected chi connectivity index (χ3v) is 29.3. The Morgan fingerprint density at radius 1 is 0.786 bits per heavy atom. The summed E-state index contributed by atoms with van der Waals surface area (Å²) in [7, 11) is 10.3. The van der Waals surface area contributed by atoms with Crippen molar-refractivity contribution in [3.63, 3.8) is 0 Å². The summed E-state index contributed by atoms with van der Waals surface area (Å²) in [5.74, 6) is 0.706. The number of phenols is 2. The molecule has 4 aliphatic carbocycles. The number of nitrogens with one attached hydrogen (secondary N) is 2. The van der Waals surface area contributed by atoms with Crippen LogP contribution in [0.3, 0.4) is 0 Å². The van der Waals surface area contributed by atoms with Crippen LogP contribution in [0.2, 0.25) is 0 Å². The maximum absolute atomic E-state index is 18.1. The molecule has 4 fully saturated rings. The highest BCUT2D eigenvalue weighted by Crippen LogP contribution is 2.59. The first kappa shape index (κ1) is 71.1. The summed E-state index contributed by atoms with van der Waals surface area (Å²) in [6.45, 7) is 5.98. The van der Waals surface area contributed by atoms with Crippen molar-refractivity contribution in [1.29, 1.82) is 0 Å². The van der Waals surface area contributed by atoms with Crippen LogP contribution in [-0.2, 0) is 54.3 Å². The van der Waals surface area contributed by atoms with Crippen molar-refractivity contribution in [2.24, 2.45) is 40.9 Å². The molecule has 524 valence electrons. The number of aliphatic hydroxyl groups excluding tert-OH is 4. The lowest BCUT2D eigenvalue weighted by Gasteiger charge is -2.53. The number of carbonyl (C=O) groups is 1. The Balaban J connectivity index is 0.985. The first-order valence-corrected chi connectivity index (χ1v) is 41.2. The molecule has 12 atom stereocenters. The largest absolute Gasteiger partial charge is 0.508 e. The van der Waals surface area contributed by atoms with Gasteiger partial charge in [0.1, 0.15) is 11.9 Å². The van der Waals surface area contributed by atoms with Crippen molar-refractivity contribution in [1.82, 2.24) is 10.3 Å². The highest BCUT2D eigenvalue weighted by atomic mass is 33.1. The minimum Gasteiger partial charge on any atom is -0.508 e. The van der Waals surface area contributed by atoms with Gasteiger partial charge in [-0.05, 0) is 235 Å². The number of aliphatic hydroxyl groups is 4. The van der Waals surface area contributed by atoms with E-state index in [2.05, 4.69) is 85.7 Å². The number of fused-ring (bicyclic) bond motifs is 5. The van der Waals surface area contributed by atoms with Gasteiger partial charge in [0.05, 0.1) is 36.6 Å². The van der Waals surface area contributed by atoms with E-state index in [4.69, 9.17) is 14.2 Å². The molecule has 2 bridgehead atoms. The fourth-order valence-electron chi connectivity index (χ4n) is 19.0. The van der Waals surface area contributed by atoms with Gasteiger partial charge >= 0.3 is 0 Å². The Bertz CT molecular complexity index is 3900. The molecule has 0 saturated heterocycles. The lowest BCUT2D eigenvalue weighted by molar-refractivity contribution is -0.150. The lowest BCUT2D eigenvalue weighted by Crippen LogP contribution is -2.62. The number of ether oxygens (including phenoxy) is 3. The zero-order valence-electron chi connectivity index (χ0n) is 57.8. The van der Waals surface area contributed by atoms with Gasteiger partial charge in [-0.1, -0.05) is 156 Å². The summed E-state index contributed by atoms with van der Waals surface area (Å²) in [5.41, 5.74) is 8.52. The van der Waals surface area contributed by atoms with Gasteiger partial charge in [0.2, 0.25) is 0 Å². The second-order valence-electron chi connectivity index (χ2n) is 30.1. The van der Waals surface area contributed by atoms with Gasteiger partial charge in [0.25, 0.3) is 0 Å². The topological polar surface area (TPSA) is 194 Å². The summed E-state index contributed by atoms with van der Waals surface area (Å²) in [6.07, 6.45) is 17.8. The number of H-pyrrole nitrogens is 1.